The normalized spacial score (nSPS) is 11.2. The largest absolute Gasteiger partial charge is 0.465 e. The molecular formula is C15H21N3O3. The summed E-state index contributed by atoms with van der Waals surface area (Å²) >= 11 is 0. The number of aliphatic hydroxyl groups excluding tert-OH is 1. The first-order valence-corrected chi connectivity index (χ1v) is 7.07. The summed E-state index contributed by atoms with van der Waals surface area (Å²) in [6, 6.07) is 5.67. The standard InChI is InChI=1S/C15H21N3O3/c1-10(2)5-6-18-13-4-3-11(8-16-15(20)21)7-12(13)17-14(18)9-19/h3-4,7,10,16,19H,5-6,8-9H2,1-2H3,(H,20,21). The number of imidazole rings is 1. The summed E-state index contributed by atoms with van der Waals surface area (Å²) in [4.78, 5) is 15.0. The SMILES string of the molecule is CC(C)CCn1c(CO)nc2cc(CNC(=O)O)ccc21. The predicted molar refractivity (Wildman–Crippen MR) is 80.0 cm³/mol. The summed E-state index contributed by atoms with van der Waals surface area (Å²) in [7, 11) is 0. The molecule has 6 heteroatoms. The van der Waals surface area contributed by atoms with Crippen molar-refractivity contribution in [1.82, 2.24) is 14.9 Å². The van der Waals surface area contributed by atoms with Crippen LogP contribution in [-0.4, -0.2) is 25.9 Å². The Labute approximate surface area is 123 Å². The summed E-state index contributed by atoms with van der Waals surface area (Å²) < 4.78 is 2.03. The van der Waals surface area contributed by atoms with Crippen molar-refractivity contribution < 1.29 is 15.0 Å². The van der Waals surface area contributed by atoms with Crippen molar-refractivity contribution in [2.24, 2.45) is 5.92 Å². The van der Waals surface area contributed by atoms with E-state index in [1.807, 2.05) is 22.8 Å². The summed E-state index contributed by atoms with van der Waals surface area (Å²) in [6.45, 7) is 5.28. The highest BCUT2D eigenvalue weighted by atomic mass is 16.4. The molecule has 0 aliphatic heterocycles. The minimum Gasteiger partial charge on any atom is -0.465 e. The number of aromatic nitrogens is 2. The van der Waals surface area contributed by atoms with Gasteiger partial charge in [0.05, 0.1) is 11.0 Å². The van der Waals surface area contributed by atoms with Crippen LogP contribution in [0.15, 0.2) is 18.2 Å². The number of hydrogen-bond donors (Lipinski definition) is 3. The number of carbonyl (C=O) groups is 1. The zero-order valence-corrected chi connectivity index (χ0v) is 12.3. The van der Waals surface area contributed by atoms with Crippen LogP contribution in [0.5, 0.6) is 0 Å². The first-order chi connectivity index (χ1) is 10.0. The number of carboxylic acid groups (broad SMARTS) is 1. The van der Waals surface area contributed by atoms with Gasteiger partial charge < -0.3 is 20.1 Å². The van der Waals surface area contributed by atoms with Crippen molar-refractivity contribution in [3.8, 4) is 0 Å². The van der Waals surface area contributed by atoms with E-state index in [2.05, 4.69) is 24.1 Å². The van der Waals surface area contributed by atoms with Gasteiger partial charge in [0, 0.05) is 13.1 Å². The molecule has 2 aromatic rings. The summed E-state index contributed by atoms with van der Waals surface area (Å²) in [5.41, 5.74) is 2.61. The van der Waals surface area contributed by atoms with E-state index in [-0.39, 0.29) is 13.2 Å². The fourth-order valence-electron chi connectivity index (χ4n) is 2.27. The summed E-state index contributed by atoms with van der Waals surface area (Å²) in [5.74, 6) is 1.22. The number of hydrogen-bond acceptors (Lipinski definition) is 3. The topological polar surface area (TPSA) is 87.4 Å². The Hall–Kier alpha value is -2.08. The molecule has 1 aromatic heterocycles. The quantitative estimate of drug-likeness (QED) is 0.762. The molecule has 1 amide bonds. The first-order valence-electron chi connectivity index (χ1n) is 7.07. The molecule has 0 bridgehead atoms. The molecule has 0 saturated carbocycles. The highest BCUT2D eigenvalue weighted by molar-refractivity contribution is 5.77. The Bertz CT molecular complexity index is 634. The predicted octanol–water partition coefficient (Wildman–Crippen LogP) is 2.34. The van der Waals surface area contributed by atoms with E-state index in [4.69, 9.17) is 5.11 Å². The summed E-state index contributed by atoms with van der Waals surface area (Å²) in [5, 5.41) is 20.4. The van der Waals surface area contributed by atoms with Crippen LogP contribution >= 0.6 is 0 Å². The van der Waals surface area contributed by atoms with Crippen molar-refractivity contribution >= 4 is 17.1 Å². The van der Waals surface area contributed by atoms with Crippen molar-refractivity contribution in [2.45, 2.75) is 40.0 Å². The van der Waals surface area contributed by atoms with Crippen molar-refractivity contribution in [2.75, 3.05) is 0 Å². The maximum absolute atomic E-state index is 10.5. The van der Waals surface area contributed by atoms with Gasteiger partial charge in [0.1, 0.15) is 12.4 Å². The number of rotatable bonds is 6. The van der Waals surface area contributed by atoms with E-state index in [9.17, 15) is 9.90 Å². The zero-order valence-electron chi connectivity index (χ0n) is 12.3. The van der Waals surface area contributed by atoms with Gasteiger partial charge in [0.15, 0.2) is 0 Å². The fourth-order valence-corrected chi connectivity index (χ4v) is 2.27. The van der Waals surface area contributed by atoms with Gasteiger partial charge >= 0.3 is 6.09 Å². The van der Waals surface area contributed by atoms with Crippen molar-refractivity contribution in [3.63, 3.8) is 0 Å². The van der Waals surface area contributed by atoms with E-state index in [1.54, 1.807) is 0 Å². The number of amides is 1. The van der Waals surface area contributed by atoms with E-state index in [0.717, 1.165) is 29.6 Å². The molecular weight excluding hydrogens is 270 g/mol. The van der Waals surface area contributed by atoms with E-state index < -0.39 is 6.09 Å². The molecule has 0 saturated heterocycles. The lowest BCUT2D eigenvalue weighted by Crippen LogP contribution is -2.19. The molecule has 0 aliphatic rings. The van der Waals surface area contributed by atoms with Crippen LogP contribution in [0.2, 0.25) is 0 Å². The zero-order chi connectivity index (χ0) is 15.4. The van der Waals surface area contributed by atoms with Crippen LogP contribution in [0.1, 0.15) is 31.7 Å². The maximum atomic E-state index is 10.5. The Morgan fingerprint density at radius 3 is 2.81 bits per heavy atom. The lowest BCUT2D eigenvalue weighted by atomic mass is 10.1. The molecule has 0 atom stereocenters. The van der Waals surface area contributed by atoms with Crippen molar-refractivity contribution in [3.05, 3.63) is 29.6 Å². The van der Waals surface area contributed by atoms with Crippen LogP contribution in [0.3, 0.4) is 0 Å². The van der Waals surface area contributed by atoms with Gasteiger partial charge in [0.2, 0.25) is 0 Å². The Morgan fingerprint density at radius 2 is 2.19 bits per heavy atom. The molecule has 3 N–H and O–H groups in total. The molecule has 0 aliphatic carbocycles. The number of nitrogens with zero attached hydrogens (tertiary/aromatic N) is 2. The van der Waals surface area contributed by atoms with Gasteiger partial charge in [-0.2, -0.15) is 0 Å². The Kier molecular flexibility index (Phi) is 4.80. The molecule has 0 spiro atoms. The first kappa shape index (κ1) is 15.3. The summed E-state index contributed by atoms with van der Waals surface area (Å²) in [6.07, 6.45) is -0.0329. The lowest BCUT2D eigenvalue weighted by Gasteiger charge is -2.10. The van der Waals surface area contributed by atoms with Crippen LogP contribution in [0.4, 0.5) is 4.79 Å². The Morgan fingerprint density at radius 1 is 1.43 bits per heavy atom. The van der Waals surface area contributed by atoms with Crippen LogP contribution in [-0.2, 0) is 19.7 Å². The van der Waals surface area contributed by atoms with Crippen LogP contribution < -0.4 is 5.32 Å². The number of aryl methyl sites for hydroxylation is 1. The van der Waals surface area contributed by atoms with Crippen LogP contribution in [0.25, 0.3) is 11.0 Å². The second kappa shape index (κ2) is 6.58. The van der Waals surface area contributed by atoms with Gasteiger partial charge in [-0.15, -0.1) is 0 Å². The molecule has 1 heterocycles. The monoisotopic (exact) mass is 291 g/mol. The van der Waals surface area contributed by atoms with Gasteiger partial charge in [-0.3, -0.25) is 0 Å². The van der Waals surface area contributed by atoms with Gasteiger partial charge in [-0.1, -0.05) is 19.9 Å². The van der Waals surface area contributed by atoms with E-state index >= 15 is 0 Å². The highest BCUT2D eigenvalue weighted by Crippen LogP contribution is 2.19. The smallest absolute Gasteiger partial charge is 0.404 e. The van der Waals surface area contributed by atoms with Crippen LogP contribution in [0, 0.1) is 5.92 Å². The third kappa shape index (κ3) is 3.72. The second-order valence-electron chi connectivity index (χ2n) is 5.50. The molecule has 1 aromatic carbocycles. The van der Waals surface area contributed by atoms with Crippen molar-refractivity contribution in [1.29, 1.82) is 0 Å². The maximum Gasteiger partial charge on any atom is 0.404 e. The minimum atomic E-state index is -1.05. The third-order valence-electron chi connectivity index (χ3n) is 3.41. The molecule has 0 fully saturated rings. The molecule has 0 unspecified atom stereocenters. The molecule has 21 heavy (non-hydrogen) atoms. The number of fused-ring (bicyclic) bond motifs is 1. The Balaban J connectivity index is 2.29. The number of benzene rings is 1. The van der Waals surface area contributed by atoms with E-state index in [1.165, 1.54) is 0 Å². The van der Waals surface area contributed by atoms with Gasteiger partial charge in [-0.25, -0.2) is 9.78 Å². The number of aliphatic hydroxyl groups is 1. The number of nitrogens with one attached hydrogen (secondary N) is 1. The van der Waals surface area contributed by atoms with Gasteiger partial charge in [0.25, 0.3) is 0 Å². The molecule has 0 radical (unpaired) electrons. The average Bonchev–Trinajstić information content (AvgIpc) is 2.79. The third-order valence-corrected chi connectivity index (χ3v) is 3.41. The molecule has 2 rings (SSSR count). The fraction of sp³-hybridized carbons (Fsp3) is 0.467. The van der Waals surface area contributed by atoms with Gasteiger partial charge in [-0.05, 0) is 30.0 Å². The van der Waals surface area contributed by atoms with E-state index in [0.29, 0.717) is 11.7 Å². The highest BCUT2D eigenvalue weighted by Gasteiger charge is 2.11. The molecule has 6 nitrogen and oxygen atoms in total. The second-order valence-corrected chi connectivity index (χ2v) is 5.50. The lowest BCUT2D eigenvalue weighted by molar-refractivity contribution is 0.194. The average molecular weight is 291 g/mol. The minimum absolute atomic E-state index is 0.102. The molecule has 114 valence electrons.